The van der Waals surface area contributed by atoms with Gasteiger partial charge in [0.1, 0.15) is 11.5 Å². The number of ether oxygens (including phenoxy) is 2. The lowest BCUT2D eigenvalue weighted by molar-refractivity contribution is -0.144. The number of methoxy groups -OCH3 is 2. The summed E-state index contributed by atoms with van der Waals surface area (Å²) in [6.07, 6.45) is -16.5. The van der Waals surface area contributed by atoms with E-state index >= 15 is 0 Å². The van der Waals surface area contributed by atoms with Gasteiger partial charge in [0.2, 0.25) is 0 Å². The summed E-state index contributed by atoms with van der Waals surface area (Å²) in [6, 6.07) is 16.6. The zero-order valence-corrected chi connectivity index (χ0v) is 36.5. The molecule has 5 aromatic carbocycles. The van der Waals surface area contributed by atoms with Crippen molar-refractivity contribution in [2.45, 2.75) is 70.9 Å². The SMILES string of the molecule is COc1c(C)cc(P(c2cc(C)c(OC)c(C)c2)c2ccccc2C2C=CC=C2[C@@H](C)P(c2cc(C(F)(F)F)cc(C(F)(F)F)c2)c2cc(C(F)(F)F)cc(C(F)(F)F)c2)cc1C. The van der Waals surface area contributed by atoms with Crippen molar-refractivity contribution in [3.63, 3.8) is 0 Å². The number of alkyl halides is 12. The highest BCUT2D eigenvalue weighted by molar-refractivity contribution is 7.80. The molecule has 0 spiro atoms. The third-order valence-corrected chi connectivity index (χ3v) is 16.0. The van der Waals surface area contributed by atoms with Gasteiger partial charge in [0.15, 0.2) is 0 Å². The largest absolute Gasteiger partial charge is 0.496 e. The Morgan fingerprint density at radius 2 is 0.873 bits per heavy atom. The van der Waals surface area contributed by atoms with Gasteiger partial charge < -0.3 is 9.47 Å². The van der Waals surface area contributed by atoms with Crippen molar-refractivity contribution in [3.05, 3.63) is 159 Å². The molecule has 0 heterocycles. The van der Waals surface area contributed by atoms with E-state index in [4.69, 9.17) is 9.47 Å². The zero-order chi connectivity index (χ0) is 46.6. The van der Waals surface area contributed by atoms with Crippen molar-refractivity contribution in [3.8, 4) is 11.5 Å². The van der Waals surface area contributed by atoms with Crippen molar-refractivity contribution in [2.75, 3.05) is 14.2 Å². The summed E-state index contributed by atoms with van der Waals surface area (Å²) in [5, 5.41) is 1.21. The number of hydrogen-bond donors (Lipinski definition) is 0. The fraction of sp³-hybridized carbons (Fsp3) is 0.277. The minimum Gasteiger partial charge on any atom is -0.496 e. The molecule has 1 unspecified atom stereocenters. The normalized spacial score (nSPS) is 15.3. The molecular formula is C47H40F12O2P2. The van der Waals surface area contributed by atoms with Crippen molar-refractivity contribution in [1.82, 2.24) is 0 Å². The smallest absolute Gasteiger partial charge is 0.416 e. The lowest BCUT2D eigenvalue weighted by atomic mass is 9.92. The predicted octanol–water partition coefficient (Wildman–Crippen LogP) is 12.9. The van der Waals surface area contributed by atoms with E-state index < -0.39 is 85.0 Å². The molecule has 2 nitrogen and oxygen atoms in total. The fourth-order valence-corrected chi connectivity index (χ4v) is 13.9. The number of aryl methyl sites for hydroxylation is 4. The number of allylic oxidation sites excluding steroid dienone is 4. The second-order valence-electron chi connectivity index (χ2n) is 15.2. The molecule has 0 saturated carbocycles. The summed E-state index contributed by atoms with van der Waals surface area (Å²) < 4.78 is 183. The molecular weight excluding hydrogens is 886 g/mol. The van der Waals surface area contributed by atoms with Gasteiger partial charge in [-0.25, -0.2) is 0 Å². The van der Waals surface area contributed by atoms with Crippen LogP contribution in [0.15, 0.2) is 109 Å². The number of hydrogen-bond acceptors (Lipinski definition) is 2. The topological polar surface area (TPSA) is 18.5 Å². The van der Waals surface area contributed by atoms with Gasteiger partial charge in [0.05, 0.1) is 36.5 Å². The summed E-state index contributed by atoms with van der Waals surface area (Å²) in [5.74, 6) is 0.608. The Morgan fingerprint density at radius 3 is 1.22 bits per heavy atom. The second-order valence-corrected chi connectivity index (χ2v) is 20.0. The van der Waals surface area contributed by atoms with E-state index in [2.05, 4.69) is 0 Å². The molecule has 5 aromatic rings. The number of halogens is 12. The lowest BCUT2D eigenvalue weighted by Gasteiger charge is -2.33. The number of rotatable bonds is 10. The van der Waals surface area contributed by atoms with E-state index in [1.165, 1.54) is 6.92 Å². The van der Waals surface area contributed by atoms with Crippen LogP contribution in [-0.4, -0.2) is 19.9 Å². The van der Waals surface area contributed by atoms with Crippen LogP contribution in [0.3, 0.4) is 0 Å². The first-order valence-electron chi connectivity index (χ1n) is 19.2. The highest BCUT2D eigenvalue weighted by Crippen LogP contribution is 2.52. The summed E-state index contributed by atoms with van der Waals surface area (Å²) in [7, 11) is -1.20. The van der Waals surface area contributed by atoms with Crippen LogP contribution < -0.4 is 36.0 Å². The van der Waals surface area contributed by atoms with Gasteiger partial charge in [0.25, 0.3) is 0 Å². The summed E-state index contributed by atoms with van der Waals surface area (Å²) in [5.41, 5.74) is -3.81. The van der Waals surface area contributed by atoms with Crippen LogP contribution in [0.25, 0.3) is 0 Å². The van der Waals surface area contributed by atoms with Crippen LogP contribution in [0.1, 0.15) is 62.9 Å². The first-order valence-corrected chi connectivity index (χ1v) is 22.0. The van der Waals surface area contributed by atoms with Crippen molar-refractivity contribution in [1.29, 1.82) is 0 Å². The van der Waals surface area contributed by atoms with E-state index in [-0.39, 0.29) is 12.1 Å². The van der Waals surface area contributed by atoms with Crippen LogP contribution in [-0.2, 0) is 24.7 Å². The Morgan fingerprint density at radius 1 is 0.508 bits per heavy atom. The summed E-state index contributed by atoms with van der Waals surface area (Å²) >= 11 is 0. The quantitative estimate of drug-likeness (QED) is 0.103. The van der Waals surface area contributed by atoms with Crippen LogP contribution in [0.5, 0.6) is 11.5 Å². The molecule has 0 fully saturated rings. The molecule has 2 atom stereocenters. The Labute approximate surface area is 359 Å². The Hall–Kier alpha value is -4.80. The van der Waals surface area contributed by atoms with Gasteiger partial charge in [-0.1, -0.05) is 55.0 Å². The molecule has 0 radical (unpaired) electrons. The van der Waals surface area contributed by atoms with Crippen molar-refractivity contribution in [2.24, 2.45) is 0 Å². The Kier molecular flexibility index (Phi) is 13.3. The zero-order valence-electron chi connectivity index (χ0n) is 34.7. The van der Waals surface area contributed by atoms with Crippen LogP contribution in [0.2, 0.25) is 0 Å². The maximum absolute atomic E-state index is 14.3. The summed E-state index contributed by atoms with van der Waals surface area (Å²) in [4.78, 5) is 0. The lowest BCUT2D eigenvalue weighted by Crippen LogP contribution is -2.29. The Bertz CT molecular complexity index is 2340. The third-order valence-electron chi connectivity index (χ3n) is 10.8. The molecule has 6 rings (SSSR count). The predicted molar refractivity (Wildman–Crippen MR) is 226 cm³/mol. The standard InChI is InChI=1S/C47H40F12O2P2/c1-25-15-34(16-26(2)42(25)60-6)63(35-17-27(3)43(61-7)28(4)18-35)41-14-9-8-11-40(41)39-13-10-12-38(39)29(5)62(36-21-30(44(48,49)50)19-31(22-36)45(51,52)53)37-23-32(46(54,55)56)20-33(24-37)47(57,58)59/h8-24,29,39H,1-7H3/t29-,39?/m1/s1. The second kappa shape index (κ2) is 17.6. The molecule has 0 aliphatic heterocycles. The van der Waals surface area contributed by atoms with Gasteiger partial charge >= 0.3 is 24.7 Å². The van der Waals surface area contributed by atoms with Crippen LogP contribution >= 0.6 is 15.8 Å². The highest BCUT2D eigenvalue weighted by Gasteiger charge is 2.42. The molecule has 0 aromatic heterocycles. The Balaban J connectivity index is 1.61. The van der Waals surface area contributed by atoms with Crippen LogP contribution in [0.4, 0.5) is 52.7 Å². The summed E-state index contributed by atoms with van der Waals surface area (Å²) in [6.45, 7) is 9.02. The average molecular weight is 927 g/mol. The van der Waals surface area contributed by atoms with E-state index in [0.29, 0.717) is 46.9 Å². The van der Waals surface area contributed by atoms with E-state index in [1.807, 2.05) is 70.2 Å². The monoisotopic (exact) mass is 926 g/mol. The van der Waals surface area contributed by atoms with E-state index in [9.17, 15) is 52.7 Å². The molecule has 0 saturated heterocycles. The van der Waals surface area contributed by atoms with Gasteiger partial charge in [-0.05, 0) is 159 Å². The maximum Gasteiger partial charge on any atom is 0.416 e. The molecule has 0 N–H and O–H groups in total. The molecule has 0 amide bonds. The van der Waals surface area contributed by atoms with Crippen LogP contribution in [0, 0.1) is 27.7 Å². The van der Waals surface area contributed by atoms with Gasteiger partial charge in [-0.15, -0.1) is 0 Å². The minimum atomic E-state index is -5.35. The van der Waals surface area contributed by atoms with Gasteiger partial charge in [-0.2, -0.15) is 52.7 Å². The van der Waals surface area contributed by atoms with E-state index in [1.54, 1.807) is 38.5 Å². The average Bonchev–Trinajstić information content (AvgIpc) is 3.67. The molecule has 16 heteroatoms. The molecule has 1 aliphatic carbocycles. The fourth-order valence-electron chi connectivity index (χ4n) is 8.21. The first-order chi connectivity index (χ1) is 29.2. The van der Waals surface area contributed by atoms with Crippen molar-refractivity contribution < 1.29 is 62.2 Å². The molecule has 334 valence electrons. The first kappa shape index (κ1) is 47.7. The molecule has 0 bridgehead atoms. The molecule has 63 heavy (non-hydrogen) atoms. The van der Waals surface area contributed by atoms with Gasteiger partial charge in [-0.3, -0.25) is 0 Å². The third kappa shape index (κ3) is 9.97. The molecule has 1 aliphatic rings. The maximum atomic E-state index is 14.3. The van der Waals surface area contributed by atoms with Crippen molar-refractivity contribution >= 4 is 42.4 Å². The minimum absolute atomic E-state index is 0.127. The number of benzene rings is 5. The van der Waals surface area contributed by atoms with E-state index in [0.717, 1.165) is 38.2 Å². The van der Waals surface area contributed by atoms with Gasteiger partial charge in [0, 0.05) is 11.6 Å². The highest BCUT2D eigenvalue weighted by atomic mass is 31.1.